The first-order valence-corrected chi connectivity index (χ1v) is 18.4. The summed E-state index contributed by atoms with van der Waals surface area (Å²) in [5, 5.41) is 7.27. The topological polar surface area (TPSA) is 21.3 Å². The molecule has 0 unspecified atom stereocenters. The third-order valence-corrected chi connectivity index (χ3v) is 11.0. The number of furan rings is 1. The molecule has 1 aliphatic rings. The summed E-state index contributed by atoms with van der Waals surface area (Å²) in [6.45, 7) is 0. The summed E-state index contributed by atoms with van der Waals surface area (Å²) in [7, 11) is 0. The number of allylic oxidation sites excluding steroid dienone is 1. The van der Waals surface area contributed by atoms with E-state index < -0.39 is 0 Å². The van der Waals surface area contributed by atoms with Gasteiger partial charge in [-0.25, -0.2) is 0 Å². The molecule has 10 aromatic rings. The number of nitrogens with zero attached hydrogens (tertiary/aromatic N) is 2. The van der Waals surface area contributed by atoms with Gasteiger partial charge in [0.1, 0.15) is 11.2 Å². The van der Waals surface area contributed by atoms with E-state index >= 15 is 0 Å². The SMILES string of the molecule is C1=Cc2cccc(-c3ccc(N(c4ccc(-n5c6ccccc6c6cc7ccccc7cc65)cc4)c4ccc5c(c4)oc4ccccc45)cc3)c2CC1. The fourth-order valence-electron chi connectivity index (χ4n) is 8.52. The first kappa shape index (κ1) is 29.8. The van der Waals surface area contributed by atoms with Crippen LogP contribution in [0.5, 0.6) is 0 Å². The van der Waals surface area contributed by atoms with Crippen LogP contribution in [0.25, 0.3) is 77.4 Å². The lowest BCUT2D eigenvalue weighted by atomic mass is 9.89. The second-order valence-corrected chi connectivity index (χ2v) is 14.1. The molecule has 0 bridgehead atoms. The number of hydrogen-bond donors (Lipinski definition) is 0. The molecule has 0 saturated heterocycles. The lowest BCUT2D eigenvalue weighted by molar-refractivity contribution is 0.669. The lowest BCUT2D eigenvalue weighted by Crippen LogP contribution is -2.10. The fourth-order valence-corrected chi connectivity index (χ4v) is 8.52. The first-order chi connectivity index (χ1) is 26.3. The van der Waals surface area contributed by atoms with Gasteiger partial charge in [0, 0.05) is 50.4 Å². The van der Waals surface area contributed by atoms with Crippen LogP contribution in [0.1, 0.15) is 17.5 Å². The van der Waals surface area contributed by atoms with Gasteiger partial charge in [-0.2, -0.15) is 0 Å². The lowest BCUT2D eigenvalue weighted by Gasteiger charge is -2.26. The smallest absolute Gasteiger partial charge is 0.137 e. The Morgan fingerprint density at radius 3 is 2.04 bits per heavy atom. The van der Waals surface area contributed by atoms with Crippen molar-refractivity contribution in [1.29, 1.82) is 0 Å². The molecule has 3 nitrogen and oxygen atoms in total. The molecule has 2 aromatic heterocycles. The maximum absolute atomic E-state index is 6.39. The Morgan fingerprint density at radius 1 is 0.491 bits per heavy atom. The van der Waals surface area contributed by atoms with E-state index in [0.717, 1.165) is 57.5 Å². The van der Waals surface area contributed by atoms with E-state index in [2.05, 4.69) is 179 Å². The van der Waals surface area contributed by atoms with Gasteiger partial charge in [-0.3, -0.25) is 0 Å². The minimum atomic E-state index is 0.878. The molecule has 2 heterocycles. The van der Waals surface area contributed by atoms with E-state index in [1.165, 1.54) is 54.8 Å². The zero-order valence-corrected chi connectivity index (χ0v) is 29.0. The summed E-state index contributed by atoms with van der Waals surface area (Å²) in [5.74, 6) is 0. The first-order valence-electron chi connectivity index (χ1n) is 18.4. The largest absolute Gasteiger partial charge is 0.456 e. The second kappa shape index (κ2) is 11.9. The van der Waals surface area contributed by atoms with Crippen molar-refractivity contribution in [3.05, 3.63) is 187 Å². The number of anilines is 3. The zero-order chi connectivity index (χ0) is 34.9. The fraction of sp³-hybridized carbons (Fsp3) is 0.0400. The molecule has 0 fully saturated rings. The van der Waals surface area contributed by atoms with Crippen LogP contribution in [0.4, 0.5) is 17.1 Å². The van der Waals surface area contributed by atoms with Crippen LogP contribution in [0.2, 0.25) is 0 Å². The van der Waals surface area contributed by atoms with E-state index in [0.29, 0.717) is 0 Å². The van der Waals surface area contributed by atoms with Gasteiger partial charge in [0.05, 0.1) is 11.0 Å². The number of benzene rings is 8. The van der Waals surface area contributed by atoms with Crippen molar-refractivity contribution in [3.8, 4) is 16.8 Å². The van der Waals surface area contributed by atoms with Gasteiger partial charge in [-0.05, 0) is 119 Å². The Hall–Kier alpha value is -6.84. The third-order valence-electron chi connectivity index (χ3n) is 11.0. The normalized spacial score (nSPS) is 12.7. The van der Waals surface area contributed by atoms with E-state index in [9.17, 15) is 0 Å². The Balaban J connectivity index is 1.05. The minimum absolute atomic E-state index is 0.878. The van der Waals surface area contributed by atoms with Crippen LogP contribution in [0.15, 0.2) is 180 Å². The van der Waals surface area contributed by atoms with Gasteiger partial charge in [-0.15, -0.1) is 0 Å². The molecule has 11 rings (SSSR count). The summed E-state index contributed by atoms with van der Waals surface area (Å²) in [4.78, 5) is 2.34. The van der Waals surface area contributed by atoms with Crippen LogP contribution in [-0.4, -0.2) is 4.57 Å². The third kappa shape index (κ3) is 4.82. The van der Waals surface area contributed by atoms with Crippen molar-refractivity contribution in [1.82, 2.24) is 4.57 Å². The van der Waals surface area contributed by atoms with Crippen LogP contribution in [-0.2, 0) is 6.42 Å². The molecule has 0 amide bonds. The standard InChI is InChI=1S/C50H34N2O/c1-2-12-36-31-48-46(30-35(36)11-1)43-15-5-7-18-47(43)52(48)39-26-24-38(25-27-39)51(40-28-29-45-44-16-6-8-19-49(44)53-50(45)32-40)37-22-20-34(21-23-37)42-17-9-13-33-10-3-4-14-41(33)42/h1-3,5-13,15-32H,4,14H2. The van der Waals surface area contributed by atoms with Crippen LogP contribution >= 0.6 is 0 Å². The monoisotopic (exact) mass is 678 g/mol. The van der Waals surface area contributed by atoms with E-state index in [1.54, 1.807) is 0 Å². The quantitative estimate of drug-likeness (QED) is 0.181. The summed E-state index contributed by atoms with van der Waals surface area (Å²) in [6, 6.07) is 61.6. The predicted octanol–water partition coefficient (Wildman–Crippen LogP) is 13.9. The van der Waals surface area contributed by atoms with Gasteiger partial charge in [0.25, 0.3) is 0 Å². The summed E-state index contributed by atoms with van der Waals surface area (Å²) in [5.41, 5.74) is 13.8. The molecule has 1 aliphatic carbocycles. The molecule has 0 spiro atoms. The predicted molar refractivity (Wildman–Crippen MR) is 223 cm³/mol. The highest BCUT2D eigenvalue weighted by Crippen LogP contribution is 2.41. The highest BCUT2D eigenvalue weighted by Gasteiger charge is 2.19. The number of aromatic nitrogens is 1. The molecule has 0 atom stereocenters. The molecule has 8 aromatic carbocycles. The van der Waals surface area contributed by atoms with Gasteiger partial charge in [-0.1, -0.05) is 103 Å². The second-order valence-electron chi connectivity index (χ2n) is 14.1. The van der Waals surface area contributed by atoms with Crippen molar-refractivity contribution in [2.45, 2.75) is 12.8 Å². The molecular weight excluding hydrogens is 645 g/mol. The van der Waals surface area contributed by atoms with Crippen molar-refractivity contribution >= 4 is 77.7 Å². The molecule has 0 radical (unpaired) electrons. The van der Waals surface area contributed by atoms with Crippen molar-refractivity contribution in [3.63, 3.8) is 0 Å². The van der Waals surface area contributed by atoms with E-state index in [-0.39, 0.29) is 0 Å². The molecule has 0 saturated carbocycles. The Labute approximate surface area is 307 Å². The zero-order valence-electron chi connectivity index (χ0n) is 29.0. The van der Waals surface area contributed by atoms with E-state index in [4.69, 9.17) is 4.42 Å². The molecule has 0 aliphatic heterocycles. The molecular formula is C50H34N2O. The van der Waals surface area contributed by atoms with E-state index in [1.807, 2.05) is 12.1 Å². The Morgan fingerprint density at radius 2 is 1.19 bits per heavy atom. The Bertz CT molecular complexity index is 3050. The number of hydrogen-bond acceptors (Lipinski definition) is 2. The van der Waals surface area contributed by atoms with Crippen LogP contribution in [0, 0.1) is 0 Å². The van der Waals surface area contributed by atoms with Crippen molar-refractivity contribution in [2.24, 2.45) is 0 Å². The minimum Gasteiger partial charge on any atom is -0.456 e. The Kier molecular flexibility index (Phi) is 6.68. The molecule has 0 N–H and O–H groups in total. The molecule has 53 heavy (non-hydrogen) atoms. The average Bonchev–Trinajstić information content (AvgIpc) is 3.75. The number of rotatable bonds is 5. The van der Waals surface area contributed by atoms with Gasteiger partial charge in [0.15, 0.2) is 0 Å². The van der Waals surface area contributed by atoms with Crippen molar-refractivity contribution in [2.75, 3.05) is 4.90 Å². The highest BCUT2D eigenvalue weighted by molar-refractivity contribution is 6.13. The highest BCUT2D eigenvalue weighted by atomic mass is 16.3. The number of para-hydroxylation sites is 2. The van der Waals surface area contributed by atoms with Crippen LogP contribution < -0.4 is 4.90 Å². The number of fused-ring (bicyclic) bond motifs is 8. The van der Waals surface area contributed by atoms with Crippen LogP contribution in [0.3, 0.4) is 0 Å². The van der Waals surface area contributed by atoms with Gasteiger partial charge < -0.3 is 13.9 Å². The summed E-state index contributed by atoms with van der Waals surface area (Å²) in [6.07, 6.45) is 6.70. The van der Waals surface area contributed by atoms with Gasteiger partial charge in [0.2, 0.25) is 0 Å². The maximum Gasteiger partial charge on any atom is 0.137 e. The van der Waals surface area contributed by atoms with Gasteiger partial charge >= 0.3 is 0 Å². The summed E-state index contributed by atoms with van der Waals surface area (Å²) >= 11 is 0. The summed E-state index contributed by atoms with van der Waals surface area (Å²) < 4.78 is 8.79. The molecule has 250 valence electrons. The maximum atomic E-state index is 6.39. The molecule has 3 heteroatoms. The van der Waals surface area contributed by atoms with Crippen molar-refractivity contribution < 1.29 is 4.42 Å². The average molecular weight is 679 g/mol.